The first-order valence-corrected chi connectivity index (χ1v) is 11.2. The van der Waals surface area contributed by atoms with E-state index < -0.39 is 11.8 Å². The molecule has 6 nitrogen and oxygen atoms in total. The first-order chi connectivity index (χ1) is 15.6. The van der Waals surface area contributed by atoms with Gasteiger partial charge in [0.25, 0.3) is 11.8 Å². The number of nitrogens with one attached hydrogen (secondary N) is 2. The highest BCUT2D eigenvalue weighted by atomic mass is 79.9. The molecule has 0 saturated carbocycles. The number of rotatable bonds is 9. The van der Waals surface area contributed by atoms with Crippen molar-refractivity contribution in [2.24, 2.45) is 0 Å². The van der Waals surface area contributed by atoms with Crippen LogP contribution in [0.2, 0.25) is 0 Å². The quantitative estimate of drug-likeness (QED) is 0.317. The van der Waals surface area contributed by atoms with Gasteiger partial charge in [-0.05, 0) is 47.9 Å². The van der Waals surface area contributed by atoms with Crippen LogP contribution >= 0.6 is 15.9 Å². The van der Waals surface area contributed by atoms with Crippen LogP contribution in [0.15, 0.2) is 77.3 Å². The molecule has 0 aliphatic heterocycles. The van der Waals surface area contributed by atoms with Gasteiger partial charge in [-0.1, -0.05) is 71.7 Å². The Bertz CT molecular complexity index is 1040. The molecule has 0 radical (unpaired) electrons. The average Bonchev–Trinajstić information content (AvgIpc) is 2.83. The summed E-state index contributed by atoms with van der Waals surface area (Å²) in [7, 11) is 0. The highest BCUT2D eigenvalue weighted by Crippen LogP contribution is 2.24. The SMILES string of the molecule is CCCCOc1ccc(Br)cc1C(=O)NNC(=O)COc1ccc(-c2ccccc2)cc1. The lowest BCUT2D eigenvalue weighted by Gasteiger charge is -2.13. The lowest BCUT2D eigenvalue weighted by Crippen LogP contribution is -2.44. The van der Waals surface area contributed by atoms with Gasteiger partial charge in [0.2, 0.25) is 0 Å². The number of carbonyl (C=O) groups excluding carboxylic acids is 2. The van der Waals surface area contributed by atoms with Gasteiger partial charge < -0.3 is 9.47 Å². The topological polar surface area (TPSA) is 76.7 Å². The second-order valence-corrected chi connectivity index (χ2v) is 7.94. The Kier molecular flexibility index (Phi) is 8.69. The molecule has 32 heavy (non-hydrogen) atoms. The van der Waals surface area contributed by atoms with E-state index in [9.17, 15) is 9.59 Å². The van der Waals surface area contributed by atoms with Crippen molar-refractivity contribution in [2.75, 3.05) is 13.2 Å². The lowest BCUT2D eigenvalue weighted by molar-refractivity contribution is -0.123. The average molecular weight is 497 g/mol. The molecule has 0 heterocycles. The Labute approximate surface area is 196 Å². The Hall–Kier alpha value is -3.32. The summed E-state index contributed by atoms with van der Waals surface area (Å²) >= 11 is 3.35. The molecular weight excluding hydrogens is 472 g/mol. The molecule has 7 heteroatoms. The van der Waals surface area contributed by atoms with Gasteiger partial charge in [-0.2, -0.15) is 0 Å². The summed E-state index contributed by atoms with van der Waals surface area (Å²) in [5.74, 6) is 0.0696. The van der Waals surface area contributed by atoms with Crippen molar-refractivity contribution in [3.05, 3.63) is 82.8 Å². The molecule has 0 unspecified atom stereocenters. The van der Waals surface area contributed by atoms with Gasteiger partial charge >= 0.3 is 0 Å². The second-order valence-electron chi connectivity index (χ2n) is 7.02. The van der Waals surface area contributed by atoms with Crippen LogP contribution in [0.3, 0.4) is 0 Å². The van der Waals surface area contributed by atoms with Crippen LogP contribution in [-0.4, -0.2) is 25.0 Å². The van der Waals surface area contributed by atoms with Crippen LogP contribution in [0.5, 0.6) is 11.5 Å². The Morgan fingerprint density at radius 1 is 0.875 bits per heavy atom. The van der Waals surface area contributed by atoms with Crippen molar-refractivity contribution < 1.29 is 19.1 Å². The van der Waals surface area contributed by atoms with E-state index in [4.69, 9.17) is 9.47 Å². The fraction of sp³-hybridized carbons (Fsp3) is 0.200. The van der Waals surface area contributed by atoms with Crippen molar-refractivity contribution >= 4 is 27.7 Å². The van der Waals surface area contributed by atoms with Crippen LogP contribution in [0.4, 0.5) is 0 Å². The van der Waals surface area contributed by atoms with Crippen LogP contribution < -0.4 is 20.3 Å². The molecule has 3 aromatic carbocycles. The van der Waals surface area contributed by atoms with Gasteiger partial charge in [-0.15, -0.1) is 0 Å². The van der Waals surface area contributed by atoms with Crippen molar-refractivity contribution in [3.8, 4) is 22.6 Å². The van der Waals surface area contributed by atoms with Gasteiger partial charge in [0.15, 0.2) is 6.61 Å². The molecule has 3 aromatic rings. The first kappa shape index (κ1) is 23.3. The highest BCUT2D eigenvalue weighted by molar-refractivity contribution is 9.10. The maximum absolute atomic E-state index is 12.5. The molecule has 0 aromatic heterocycles. The normalized spacial score (nSPS) is 10.3. The molecule has 0 fully saturated rings. The molecule has 0 aliphatic carbocycles. The molecule has 0 spiro atoms. The van der Waals surface area contributed by atoms with E-state index in [1.807, 2.05) is 42.5 Å². The molecule has 0 atom stereocenters. The largest absolute Gasteiger partial charge is 0.493 e. The molecule has 3 rings (SSSR count). The Morgan fingerprint density at radius 2 is 1.59 bits per heavy atom. The van der Waals surface area contributed by atoms with Crippen molar-refractivity contribution in [2.45, 2.75) is 19.8 Å². The van der Waals surface area contributed by atoms with E-state index in [0.29, 0.717) is 23.7 Å². The third kappa shape index (κ3) is 6.85. The molecule has 166 valence electrons. The standard InChI is InChI=1S/C25H25BrN2O4/c1-2-3-15-31-23-14-11-20(26)16-22(23)25(30)28-27-24(29)17-32-21-12-9-19(10-13-21)18-7-5-4-6-8-18/h4-14,16H,2-3,15,17H2,1H3,(H,27,29)(H,28,30). The molecule has 0 bridgehead atoms. The van der Waals surface area contributed by atoms with E-state index >= 15 is 0 Å². The number of hydrogen-bond donors (Lipinski definition) is 2. The number of benzene rings is 3. The number of ether oxygens (including phenoxy) is 2. The molecule has 2 amide bonds. The smallest absolute Gasteiger partial charge is 0.276 e. The number of hydrazine groups is 1. The first-order valence-electron chi connectivity index (χ1n) is 10.4. The van der Waals surface area contributed by atoms with Crippen LogP contribution in [0.25, 0.3) is 11.1 Å². The lowest BCUT2D eigenvalue weighted by atomic mass is 10.1. The fourth-order valence-corrected chi connectivity index (χ4v) is 3.25. The fourth-order valence-electron chi connectivity index (χ4n) is 2.88. The van der Waals surface area contributed by atoms with E-state index in [0.717, 1.165) is 28.4 Å². The number of halogens is 1. The maximum atomic E-state index is 12.5. The summed E-state index contributed by atoms with van der Waals surface area (Å²) in [5, 5.41) is 0. The molecular formula is C25H25BrN2O4. The highest BCUT2D eigenvalue weighted by Gasteiger charge is 2.14. The van der Waals surface area contributed by atoms with Gasteiger partial charge in [0, 0.05) is 4.47 Å². The third-order valence-corrected chi connectivity index (χ3v) is 5.08. The van der Waals surface area contributed by atoms with Gasteiger partial charge in [-0.3, -0.25) is 20.4 Å². The van der Waals surface area contributed by atoms with Gasteiger partial charge in [-0.25, -0.2) is 0 Å². The minimum atomic E-state index is -0.478. The van der Waals surface area contributed by atoms with Gasteiger partial charge in [0.1, 0.15) is 11.5 Å². The minimum absolute atomic E-state index is 0.233. The van der Waals surface area contributed by atoms with E-state index in [-0.39, 0.29) is 6.61 Å². The van der Waals surface area contributed by atoms with E-state index in [2.05, 4.69) is 33.7 Å². The van der Waals surface area contributed by atoms with Crippen LogP contribution in [-0.2, 0) is 4.79 Å². The maximum Gasteiger partial charge on any atom is 0.276 e. The minimum Gasteiger partial charge on any atom is -0.493 e. The number of carbonyl (C=O) groups is 2. The monoisotopic (exact) mass is 496 g/mol. The zero-order valence-electron chi connectivity index (χ0n) is 17.8. The molecule has 2 N–H and O–H groups in total. The van der Waals surface area contributed by atoms with Crippen molar-refractivity contribution in [3.63, 3.8) is 0 Å². The summed E-state index contributed by atoms with van der Waals surface area (Å²) in [4.78, 5) is 24.6. The molecule has 0 saturated heterocycles. The number of unbranched alkanes of at least 4 members (excludes halogenated alkanes) is 1. The number of amides is 2. The predicted molar refractivity (Wildman–Crippen MR) is 128 cm³/mol. The van der Waals surface area contributed by atoms with Crippen molar-refractivity contribution in [1.29, 1.82) is 0 Å². The van der Waals surface area contributed by atoms with E-state index in [1.54, 1.807) is 30.3 Å². The third-order valence-electron chi connectivity index (χ3n) is 4.59. The summed E-state index contributed by atoms with van der Waals surface area (Å²) in [6.07, 6.45) is 1.88. The zero-order chi connectivity index (χ0) is 22.8. The zero-order valence-corrected chi connectivity index (χ0v) is 19.4. The predicted octanol–water partition coefficient (Wildman–Crippen LogP) is 5.14. The summed E-state index contributed by atoms with van der Waals surface area (Å²) < 4.78 is 11.9. The Morgan fingerprint density at radius 3 is 2.31 bits per heavy atom. The molecule has 0 aliphatic rings. The Balaban J connectivity index is 1.50. The van der Waals surface area contributed by atoms with E-state index in [1.165, 1.54) is 0 Å². The van der Waals surface area contributed by atoms with Crippen LogP contribution in [0, 0.1) is 0 Å². The number of hydrogen-bond acceptors (Lipinski definition) is 4. The summed E-state index contributed by atoms with van der Waals surface area (Å²) in [5.41, 5.74) is 7.26. The van der Waals surface area contributed by atoms with Gasteiger partial charge in [0.05, 0.1) is 12.2 Å². The second kappa shape index (κ2) is 11.9. The summed E-state index contributed by atoms with van der Waals surface area (Å²) in [6, 6.07) is 22.6. The summed E-state index contributed by atoms with van der Waals surface area (Å²) in [6.45, 7) is 2.35. The van der Waals surface area contributed by atoms with Crippen molar-refractivity contribution in [1.82, 2.24) is 10.9 Å². The van der Waals surface area contributed by atoms with Crippen LogP contribution in [0.1, 0.15) is 30.1 Å².